The number of piperazine rings is 1. The van der Waals surface area contributed by atoms with Crippen LogP contribution in [0.1, 0.15) is 107 Å². The number of rotatable bonds is 10. The van der Waals surface area contributed by atoms with E-state index in [1.807, 2.05) is 23.1 Å². The topological polar surface area (TPSA) is 224 Å². The third kappa shape index (κ3) is 8.51. The summed E-state index contributed by atoms with van der Waals surface area (Å²) in [5.41, 5.74) is 6.92. The molecule has 5 aromatic rings. The molecule has 2 saturated heterocycles. The van der Waals surface area contributed by atoms with Crippen LogP contribution in [0.15, 0.2) is 71.9 Å². The number of nitrogens with zero attached hydrogens (tertiary/aromatic N) is 8. The Morgan fingerprint density at radius 3 is 2.41 bits per heavy atom. The van der Waals surface area contributed by atoms with E-state index >= 15 is 0 Å². The van der Waals surface area contributed by atoms with Crippen LogP contribution in [0, 0.1) is 11.3 Å². The van der Waals surface area contributed by atoms with Crippen molar-refractivity contribution >= 4 is 64.1 Å². The van der Waals surface area contributed by atoms with Gasteiger partial charge in [0.15, 0.2) is 0 Å². The molecule has 2 atom stereocenters. The number of aliphatic hydroxyl groups excluding tert-OH is 1. The van der Waals surface area contributed by atoms with Crippen LogP contribution in [0.25, 0.3) is 11.1 Å². The highest BCUT2D eigenvalue weighted by atomic mass is 16.3. The fourth-order valence-corrected chi connectivity index (χ4v) is 12.1. The first-order valence-corrected chi connectivity index (χ1v) is 25.3. The Hall–Kier alpha value is -7.67. The van der Waals surface area contributed by atoms with Crippen LogP contribution in [0.3, 0.4) is 0 Å². The van der Waals surface area contributed by atoms with Gasteiger partial charge in [-0.3, -0.25) is 48.7 Å². The summed E-state index contributed by atoms with van der Waals surface area (Å²) in [5.74, 6) is -1.48. The summed E-state index contributed by atoms with van der Waals surface area (Å²) in [7, 11) is 1.67. The van der Waals surface area contributed by atoms with E-state index in [1.54, 1.807) is 60.9 Å². The quantitative estimate of drug-likeness (QED) is 0.139. The molecule has 0 bridgehead atoms. The molecule has 19 heteroatoms. The zero-order chi connectivity index (χ0) is 51.0. The number of carbonyl (C=O) groups excluding carboxylic acids is 6. The fourth-order valence-electron chi connectivity index (χ4n) is 12.1. The number of benzene rings is 1. The number of piperidine rings is 1. The summed E-state index contributed by atoms with van der Waals surface area (Å²) in [6, 6.07) is 13.3. The van der Waals surface area contributed by atoms with Crippen molar-refractivity contribution in [2.45, 2.75) is 103 Å². The summed E-state index contributed by atoms with van der Waals surface area (Å²) in [5, 5.41) is 19.7. The van der Waals surface area contributed by atoms with E-state index in [4.69, 9.17) is 4.98 Å². The molecule has 378 valence electrons. The van der Waals surface area contributed by atoms with Gasteiger partial charge >= 0.3 is 0 Å². The van der Waals surface area contributed by atoms with Crippen molar-refractivity contribution in [1.82, 2.24) is 34.2 Å². The van der Waals surface area contributed by atoms with E-state index in [2.05, 4.69) is 51.2 Å². The largest absolute Gasteiger partial charge is 0.392 e. The second-order valence-corrected chi connectivity index (χ2v) is 21.2. The van der Waals surface area contributed by atoms with Crippen LogP contribution in [0.2, 0.25) is 0 Å². The van der Waals surface area contributed by atoms with Gasteiger partial charge in [0.2, 0.25) is 17.7 Å². The van der Waals surface area contributed by atoms with Crippen LogP contribution in [-0.2, 0) is 47.4 Å². The van der Waals surface area contributed by atoms with Crippen molar-refractivity contribution in [3.05, 3.63) is 111 Å². The van der Waals surface area contributed by atoms with Crippen LogP contribution in [0.4, 0.5) is 28.7 Å². The second kappa shape index (κ2) is 18.4. The number of hydrogen-bond acceptors (Lipinski definition) is 13. The average molecular weight is 990 g/mol. The van der Waals surface area contributed by atoms with Crippen LogP contribution >= 0.6 is 0 Å². The number of anilines is 5. The van der Waals surface area contributed by atoms with Crippen molar-refractivity contribution in [3.63, 3.8) is 0 Å². The molecule has 0 radical (unpaired) electrons. The normalized spacial score (nSPS) is 22.6. The van der Waals surface area contributed by atoms with E-state index in [0.29, 0.717) is 98.1 Å². The van der Waals surface area contributed by atoms with E-state index in [0.717, 1.165) is 23.4 Å². The molecule has 19 nitrogen and oxygen atoms in total. The van der Waals surface area contributed by atoms with Gasteiger partial charge in [-0.1, -0.05) is 19.9 Å². The monoisotopic (exact) mass is 989 g/mol. The number of carbonyl (C=O) groups is 6. The summed E-state index contributed by atoms with van der Waals surface area (Å²) in [6.07, 6.45) is 9.81. The standard InChI is InChI=1S/C54H59N11O8/c1-30-27-61(49(69)31-8-10-34(11-9-31)57-39-7-5-6-37-46(39)53(73)65(50(37)70)41-13-15-45(67)59-48(41)68)18-19-62(30)35-12-14-44(56-26-35)58-40-22-33(28-60(4)51(40)71)36-16-17-55-47(38(36)29-66)64-21-20-63-42(52(64)72)23-32-24-54(2,3)25-43(32)63/h5-7,12,14,16-17,22-23,26,28,30-31,34,41,57,66H,8-11,13,15,18-21,24-25,27,29H2,1-4H3,(H,56,58)(H,59,67,68)/t30-,31?,34?,41?/m0/s1. The molecule has 6 amide bonds. The van der Waals surface area contributed by atoms with Gasteiger partial charge < -0.3 is 34.7 Å². The number of nitrogens with one attached hydrogen (secondary N) is 3. The summed E-state index contributed by atoms with van der Waals surface area (Å²) >= 11 is 0. The molecule has 2 aliphatic carbocycles. The maximum atomic E-state index is 14.0. The molecule has 11 rings (SSSR count). The maximum Gasteiger partial charge on any atom is 0.276 e. The van der Waals surface area contributed by atoms with Crippen molar-refractivity contribution in [2.24, 2.45) is 18.4 Å². The van der Waals surface area contributed by atoms with Gasteiger partial charge in [-0.2, -0.15) is 0 Å². The Bertz CT molecular complexity index is 3190. The van der Waals surface area contributed by atoms with Crippen LogP contribution in [0.5, 0.6) is 0 Å². The molecule has 0 spiro atoms. The lowest BCUT2D eigenvalue weighted by atomic mass is 9.84. The Kier molecular flexibility index (Phi) is 12.0. The van der Waals surface area contributed by atoms with Crippen molar-refractivity contribution in [1.29, 1.82) is 0 Å². The number of aromatic nitrogens is 4. The Balaban J connectivity index is 0.704. The maximum absolute atomic E-state index is 14.0. The van der Waals surface area contributed by atoms with Gasteiger partial charge in [-0.25, -0.2) is 9.97 Å². The molecule has 73 heavy (non-hydrogen) atoms. The highest BCUT2D eigenvalue weighted by Gasteiger charge is 2.46. The van der Waals surface area contributed by atoms with E-state index < -0.39 is 29.7 Å². The van der Waals surface area contributed by atoms with Crippen molar-refractivity contribution in [2.75, 3.05) is 46.6 Å². The third-order valence-corrected chi connectivity index (χ3v) is 15.8. The number of fused-ring (bicyclic) bond motifs is 4. The smallest absolute Gasteiger partial charge is 0.276 e. The third-order valence-electron chi connectivity index (χ3n) is 15.8. The van der Waals surface area contributed by atoms with Gasteiger partial charge in [0.25, 0.3) is 23.3 Å². The van der Waals surface area contributed by atoms with Gasteiger partial charge in [0.1, 0.15) is 29.1 Å². The molecule has 1 unspecified atom stereocenters. The number of hydrogen-bond donors (Lipinski definition) is 4. The number of pyridine rings is 3. The SMILES string of the molecule is C[C@H]1CN(C(=O)C2CCC(Nc3cccc4c3C(=O)N(C3CCC(=O)NC3=O)C4=O)CC2)CCN1c1ccc(Nc2cc(-c3ccnc(N4CCn5c(cc6c5CC(C)(C)C6)C4=O)c3CO)cn(C)c2=O)nc1. The molecular weight excluding hydrogens is 931 g/mol. The molecular formula is C54H59N11O8. The molecule has 6 aliphatic rings. The summed E-state index contributed by atoms with van der Waals surface area (Å²) in [6.45, 7) is 8.97. The minimum Gasteiger partial charge on any atom is -0.392 e. The minimum atomic E-state index is -1.04. The van der Waals surface area contributed by atoms with Crippen LogP contribution in [-0.4, -0.2) is 114 Å². The molecule has 3 fully saturated rings. The first-order valence-electron chi connectivity index (χ1n) is 25.3. The Morgan fingerprint density at radius 2 is 1.67 bits per heavy atom. The number of aliphatic hydroxyl groups is 1. The lowest BCUT2D eigenvalue weighted by Crippen LogP contribution is -2.55. The number of amides is 6. The zero-order valence-corrected chi connectivity index (χ0v) is 41.4. The summed E-state index contributed by atoms with van der Waals surface area (Å²) < 4.78 is 3.62. The predicted octanol–water partition coefficient (Wildman–Crippen LogP) is 4.77. The highest BCUT2D eigenvalue weighted by molar-refractivity contribution is 6.25. The van der Waals surface area contributed by atoms with Gasteiger partial charge in [0, 0.05) is 99.1 Å². The summed E-state index contributed by atoms with van der Waals surface area (Å²) in [4.78, 5) is 109. The molecule has 4 aromatic heterocycles. The molecule has 1 aromatic carbocycles. The fraction of sp³-hybridized carbons (Fsp3) is 0.426. The average Bonchev–Trinajstić information content (AvgIpc) is 3.97. The second-order valence-electron chi connectivity index (χ2n) is 21.2. The lowest BCUT2D eigenvalue weighted by Gasteiger charge is -2.43. The Labute approximate surface area is 421 Å². The predicted molar refractivity (Wildman–Crippen MR) is 272 cm³/mol. The first kappa shape index (κ1) is 47.6. The van der Waals surface area contributed by atoms with Crippen molar-refractivity contribution < 1.29 is 33.9 Å². The molecule has 1 saturated carbocycles. The first-order chi connectivity index (χ1) is 35.1. The van der Waals surface area contributed by atoms with E-state index in [-0.39, 0.29) is 77.1 Å². The number of imide groups is 2. The highest BCUT2D eigenvalue weighted by Crippen LogP contribution is 2.41. The number of aryl methyl sites for hydroxylation is 1. The zero-order valence-electron chi connectivity index (χ0n) is 41.4. The van der Waals surface area contributed by atoms with E-state index in [9.17, 15) is 38.7 Å². The van der Waals surface area contributed by atoms with Gasteiger partial charge in [0.05, 0.1) is 29.6 Å². The lowest BCUT2D eigenvalue weighted by molar-refractivity contribution is -0.138. The van der Waals surface area contributed by atoms with Crippen molar-refractivity contribution in [3.8, 4) is 11.1 Å². The van der Waals surface area contributed by atoms with Gasteiger partial charge in [-0.15, -0.1) is 0 Å². The van der Waals surface area contributed by atoms with Crippen LogP contribution < -0.4 is 31.3 Å². The molecule has 4 N–H and O–H groups in total. The molecule has 8 heterocycles. The Morgan fingerprint density at radius 1 is 0.863 bits per heavy atom. The van der Waals surface area contributed by atoms with E-state index in [1.165, 1.54) is 15.8 Å². The molecule has 4 aliphatic heterocycles. The van der Waals surface area contributed by atoms with Gasteiger partial charge in [-0.05, 0) is 111 Å². The minimum absolute atomic E-state index is 0.00494.